The van der Waals surface area contributed by atoms with Crippen molar-refractivity contribution in [1.82, 2.24) is 5.32 Å². The average molecular weight is 404 g/mol. The average Bonchev–Trinajstić information content (AvgIpc) is 2.73. The van der Waals surface area contributed by atoms with Gasteiger partial charge in [-0.15, -0.1) is 0 Å². The van der Waals surface area contributed by atoms with Crippen molar-refractivity contribution in [2.24, 2.45) is 0 Å². The molecule has 0 radical (unpaired) electrons. The number of hydrogen-bond donors (Lipinski definition) is 2. The van der Waals surface area contributed by atoms with Crippen LogP contribution in [0.5, 0.6) is 11.5 Å². The first-order valence-corrected chi connectivity index (χ1v) is 10.1. The van der Waals surface area contributed by atoms with Gasteiger partial charge < -0.3 is 19.7 Å². The molecule has 6 heteroatoms. The Labute approximate surface area is 171 Å². The number of hydrogen-bond acceptors (Lipinski definition) is 3. The molecule has 28 heavy (non-hydrogen) atoms. The van der Waals surface area contributed by atoms with E-state index < -0.39 is 0 Å². The highest BCUT2D eigenvalue weighted by Crippen LogP contribution is 2.35. The summed E-state index contributed by atoms with van der Waals surface area (Å²) in [6.45, 7) is 4.08. The highest BCUT2D eigenvalue weighted by Gasteiger charge is 2.16. The molecule has 0 saturated carbocycles. The van der Waals surface area contributed by atoms with Gasteiger partial charge in [-0.2, -0.15) is 0 Å². The van der Waals surface area contributed by atoms with Crippen LogP contribution < -0.4 is 19.7 Å². The summed E-state index contributed by atoms with van der Waals surface area (Å²) >= 11 is 6.19. The number of rotatable bonds is 7. The number of carbonyl (C=O) groups is 1. The number of halogens is 1. The largest absolute Gasteiger partial charge is 0.493 e. The third-order valence-corrected chi connectivity index (χ3v) is 5.47. The number of piperidine rings is 1. The second-order valence-corrected chi connectivity index (χ2v) is 7.59. The predicted molar refractivity (Wildman–Crippen MR) is 110 cm³/mol. The summed E-state index contributed by atoms with van der Waals surface area (Å²) in [5, 5.41) is 3.28. The van der Waals surface area contributed by atoms with E-state index in [2.05, 4.69) is 29.6 Å². The lowest BCUT2D eigenvalue weighted by Crippen LogP contribution is -3.11. The minimum absolute atomic E-state index is 0.204. The van der Waals surface area contributed by atoms with Crippen molar-refractivity contribution >= 4 is 17.5 Å². The van der Waals surface area contributed by atoms with Crippen molar-refractivity contribution in [2.75, 3.05) is 27.3 Å². The molecule has 5 nitrogen and oxygen atoms in total. The summed E-state index contributed by atoms with van der Waals surface area (Å²) in [5.41, 5.74) is 2.85. The summed E-state index contributed by atoms with van der Waals surface area (Å²) < 4.78 is 10.5. The predicted octanol–water partition coefficient (Wildman–Crippen LogP) is 2.86. The van der Waals surface area contributed by atoms with E-state index in [0.29, 0.717) is 28.6 Å². The summed E-state index contributed by atoms with van der Waals surface area (Å²) in [6, 6.07) is 11.7. The second kappa shape index (κ2) is 9.80. The normalized spacial score (nSPS) is 14.5. The van der Waals surface area contributed by atoms with Crippen molar-refractivity contribution in [3.63, 3.8) is 0 Å². The molecule has 0 spiro atoms. The maximum absolute atomic E-state index is 12.5. The molecule has 1 heterocycles. The molecule has 2 aromatic rings. The summed E-state index contributed by atoms with van der Waals surface area (Å²) in [4.78, 5) is 14.2. The van der Waals surface area contributed by atoms with Crippen LogP contribution in [0, 0.1) is 0 Å². The Bertz CT molecular complexity index is 802. The van der Waals surface area contributed by atoms with Crippen molar-refractivity contribution in [2.45, 2.75) is 32.4 Å². The van der Waals surface area contributed by atoms with Gasteiger partial charge in [-0.3, -0.25) is 4.79 Å². The van der Waals surface area contributed by atoms with Gasteiger partial charge in [0.05, 0.1) is 32.3 Å². The molecule has 3 rings (SSSR count). The lowest BCUT2D eigenvalue weighted by atomic mass is 10.1. The first kappa shape index (κ1) is 20.5. The summed E-state index contributed by atoms with van der Waals surface area (Å²) in [6.07, 6.45) is 4.03. The Morgan fingerprint density at radius 2 is 1.71 bits per heavy atom. The van der Waals surface area contributed by atoms with Crippen LogP contribution in [0.3, 0.4) is 0 Å². The van der Waals surface area contributed by atoms with Crippen molar-refractivity contribution in [1.29, 1.82) is 0 Å². The zero-order chi connectivity index (χ0) is 19.9. The van der Waals surface area contributed by atoms with E-state index >= 15 is 0 Å². The first-order valence-electron chi connectivity index (χ1n) is 9.72. The topological polar surface area (TPSA) is 52.0 Å². The van der Waals surface area contributed by atoms with Crippen LogP contribution in [-0.2, 0) is 13.1 Å². The Kier molecular flexibility index (Phi) is 7.18. The SMILES string of the molecule is COc1cc(C(=O)NCc2ccc(C[NH+]3CCCCC3)cc2)cc(Cl)c1OC. The number of likely N-dealkylation sites (tertiary alicyclic amines) is 1. The molecule has 0 bridgehead atoms. The quantitative estimate of drug-likeness (QED) is 0.747. The molecule has 2 N–H and O–H groups in total. The molecule has 0 unspecified atom stereocenters. The van der Waals surface area contributed by atoms with Crippen LogP contribution in [-0.4, -0.2) is 33.2 Å². The number of carbonyl (C=O) groups excluding carboxylic acids is 1. The van der Waals surface area contributed by atoms with Gasteiger partial charge in [0.25, 0.3) is 5.91 Å². The zero-order valence-electron chi connectivity index (χ0n) is 16.5. The summed E-state index contributed by atoms with van der Waals surface area (Å²) in [5.74, 6) is 0.654. The highest BCUT2D eigenvalue weighted by atomic mass is 35.5. The van der Waals surface area contributed by atoms with E-state index in [1.54, 1.807) is 17.0 Å². The third kappa shape index (κ3) is 5.18. The van der Waals surface area contributed by atoms with Crippen molar-refractivity contribution < 1.29 is 19.2 Å². The van der Waals surface area contributed by atoms with E-state index in [1.165, 1.54) is 52.1 Å². The Morgan fingerprint density at radius 1 is 1.04 bits per heavy atom. The Balaban J connectivity index is 1.57. The summed E-state index contributed by atoms with van der Waals surface area (Å²) in [7, 11) is 3.03. The van der Waals surface area contributed by atoms with Gasteiger partial charge in [-0.1, -0.05) is 35.9 Å². The van der Waals surface area contributed by atoms with Gasteiger partial charge >= 0.3 is 0 Å². The van der Waals surface area contributed by atoms with Crippen molar-refractivity contribution in [3.05, 3.63) is 58.1 Å². The fourth-order valence-electron chi connectivity index (χ4n) is 3.63. The van der Waals surface area contributed by atoms with Crippen LogP contribution >= 0.6 is 11.6 Å². The minimum Gasteiger partial charge on any atom is -0.493 e. The van der Waals surface area contributed by atoms with Gasteiger partial charge in [0.15, 0.2) is 11.5 Å². The molecule has 0 atom stereocenters. The van der Waals surface area contributed by atoms with Crippen LogP contribution in [0.15, 0.2) is 36.4 Å². The second-order valence-electron chi connectivity index (χ2n) is 7.18. The Morgan fingerprint density at radius 3 is 2.36 bits per heavy atom. The molecule has 1 saturated heterocycles. The molecular formula is C22H28ClN2O3+. The highest BCUT2D eigenvalue weighted by molar-refractivity contribution is 6.32. The number of quaternary nitrogens is 1. The monoisotopic (exact) mass is 403 g/mol. The zero-order valence-corrected chi connectivity index (χ0v) is 17.3. The van der Waals surface area contributed by atoms with Crippen molar-refractivity contribution in [3.8, 4) is 11.5 Å². The molecule has 150 valence electrons. The molecule has 0 aliphatic carbocycles. The van der Waals surface area contributed by atoms with E-state index in [-0.39, 0.29) is 5.91 Å². The smallest absolute Gasteiger partial charge is 0.251 e. The molecule has 2 aromatic carbocycles. The van der Waals surface area contributed by atoms with Gasteiger partial charge in [0.2, 0.25) is 0 Å². The number of nitrogens with one attached hydrogen (secondary N) is 2. The standard InChI is InChI=1S/C22H27ClN2O3/c1-27-20-13-18(12-19(23)21(20)28-2)22(26)24-14-16-6-8-17(9-7-16)15-25-10-4-3-5-11-25/h6-9,12-13H,3-5,10-11,14-15H2,1-2H3,(H,24,26)/p+1. The number of amides is 1. The molecule has 1 aliphatic heterocycles. The number of ether oxygens (including phenoxy) is 2. The molecule has 1 aliphatic rings. The van der Waals surface area contributed by atoms with Gasteiger partial charge in [-0.05, 0) is 37.0 Å². The molecule has 0 aromatic heterocycles. The molecule has 1 amide bonds. The van der Waals surface area contributed by atoms with Crippen LogP contribution in [0.2, 0.25) is 5.02 Å². The minimum atomic E-state index is -0.204. The van der Waals surface area contributed by atoms with E-state index in [0.717, 1.165) is 12.1 Å². The van der Waals surface area contributed by atoms with E-state index in [4.69, 9.17) is 21.1 Å². The Hall–Kier alpha value is -2.24. The molecular weight excluding hydrogens is 376 g/mol. The lowest BCUT2D eigenvalue weighted by Gasteiger charge is -2.23. The lowest BCUT2D eigenvalue weighted by molar-refractivity contribution is -0.918. The number of benzene rings is 2. The molecule has 1 fully saturated rings. The number of methoxy groups -OCH3 is 2. The fourth-order valence-corrected chi connectivity index (χ4v) is 3.91. The van der Waals surface area contributed by atoms with Gasteiger partial charge in [0.1, 0.15) is 6.54 Å². The first-order chi connectivity index (χ1) is 13.6. The van der Waals surface area contributed by atoms with Crippen LogP contribution in [0.25, 0.3) is 0 Å². The van der Waals surface area contributed by atoms with Crippen LogP contribution in [0.1, 0.15) is 40.7 Å². The maximum atomic E-state index is 12.5. The van der Waals surface area contributed by atoms with Crippen LogP contribution in [0.4, 0.5) is 0 Å². The van der Waals surface area contributed by atoms with E-state index in [1.807, 2.05) is 0 Å². The van der Waals surface area contributed by atoms with Gasteiger partial charge in [-0.25, -0.2) is 0 Å². The van der Waals surface area contributed by atoms with Gasteiger partial charge in [0, 0.05) is 17.7 Å². The maximum Gasteiger partial charge on any atom is 0.251 e. The van der Waals surface area contributed by atoms with E-state index in [9.17, 15) is 4.79 Å². The fraction of sp³-hybridized carbons (Fsp3) is 0.409. The third-order valence-electron chi connectivity index (χ3n) is 5.19.